The minimum absolute atomic E-state index is 0.252. The van der Waals surface area contributed by atoms with Crippen molar-refractivity contribution in [2.24, 2.45) is 0 Å². The first-order valence-electron chi connectivity index (χ1n) is 9.04. The van der Waals surface area contributed by atoms with Crippen molar-refractivity contribution in [3.05, 3.63) is 42.0 Å². The largest absolute Gasteiger partial charge is 0.493 e. The Bertz CT molecular complexity index is 1090. The van der Waals surface area contributed by atoms with Gasteiger partial charge >= 0.3 is 0 Å². The van der Waals surface area contributed by atoms with Crippen molar-refractivity contribution in [3.8, 4) is 34.1 Å². The van der Waals surface area contributed by atoms with Crippen LogP contribution >= 0.6 is 0 Å². The number of benzene rings is 3. The van der Waals surface area contributed by atoms with Crippen LogP contribution in [0.2, 0.25) is 0 Å². The lowest BCUT2D eigenvalue weighted by atomic mass is 9.89. The van der Waals surface area contributed by atoms with Crippen LogP contribution in [-0.2, 0) is 4.74 Å². The number of fused-ring (bicyclic) bond motifs is 6. The van der Waals surface area contributed by atoms with Crippen molar-refractivity contribution in [2.75, 3.05) is 40.1 Å². The van der Waals surface area contributed by atoms with E-state index in [1.165, 1.54) is 0 Å². The molecule has 0 spiro atoms. The van der Waals surface area contributed by atoms with Gasteiger partial charge in [0.2, 0.25) is 6.79 Å². The van der Waals surface area contributed by atoms with Crippen LogP contribution in [0.5, 0.6) is 23.0 Å². The van der Waals surface area contributed by atoms with E-state index in [-0.39, 0.29) is 13.0 Å². The summed E-state index contributed by atoms with van der Waals surface area (Å²) < 4.78 is 28.1. The molecule has 6 nitrogen and oxygen atoms in total. The summed E-state index contributed by atoms with van der Waals surface area (Å²) in [6.07, 6.45) is -0.252. The standard InChI is InChI=1S/C22H21NO5/c1-23-21-13(6-5-12-7-19-20(8-14(12)21)28-11-27-19)15-9-17(24-2)18(25-3)10-16(15)22(23)26-4/h5-10,22H,11H2,1-4H3/t22-/m0/s1. The summed E-state index contributed by atoms with van der Waals surface area (Å²) in [4.78, 5) is 2.15. The Hall–Kier alpha value is -3.12. The Morgan fingerprint density at radius 3 is 2.32 bits per heavy atom. The molecule has 5 rings (SSSR count). The SMILES string of the molecule is COc1cc2c(cc1OC)[C@H](OC)N(C)c1c-2ccc2cc3c(cc12)OCO3. The van der Waals surface area contributed by atoms with Crippen LogP contribution in [0.3, 0.4) is 0 Å². The molecule has 0 bridgehead atoms. The minimum Gasteiger partial charge on any atom is -0.493 e. The third kappa shape index (κ3) is 2.24. The lowest BCUT2D eigenvalue weighted by Gasteiger charge is -2.37. The third-order valence-corrected chi connectivity index (χ3v) is 5.52. The Morgan fingerprint density at radius 2 is 1.61 bits per heavy atom. The van der Waals surface area contributed by atoms with Gasteiger partial charge in [-0.25, -0.2) is 0 Å². The molecule has 0 amide bonds. The highest BCUT2D eigenvalue weighted by Gasteiger charge is 2.32. The van der Waals surface area contributed by atoms with Gasteiger partial charge in [-0.3, -0.25) is 0 Å². The van der Waals surface area contributed by atoms with E-state index in [0.717, 1.165) is 44.6 Å². The molecule has 0 radical (unpaired) electrons. The van der Waals surface area contributed by atoms with E-state index in [2.05, 4.69) is 17.0 Å². The quantitative estimate of drug-likeness (QED) is 0.674. The van der Waals surface area contributed by atoms with Crippen LogP contribution in [0.15, 0.2) is 36.4 Å². The summed E-state index contributed by atoms with van der Waals surface area (Å²) in [6, 6.07) is 12.3. The van der Waals surface area contributed by atoms with Crippen LogP contribution in [0.4, 0.5) is 5.69 Å². The minimum atomic E-state index is -0.252. The smallest absolute Gasteiger partial charge is 0.231 e. The van der Waals surface area contributed by atoms with Gasteiger partial charge < -0.3 is 28.6 Å². The summed E-state index contributed by atoms with van der Waals surface area (Å²) in [7, 11) is 7.04. The van der Waals surface area contributed by atoms with E-state index < -0.39 is 0 Å². The Balaban J connectivity index is 1.83. The fourth-order valence-corrected chi connectivity index (χ4v) is 4.24. The van der Waals surface area contributed by atoms with E-state index in [9.17, 15) is 0 Å². The van der Waals surface area contributed by atoms with Crippen molar-refractivity contribution >= 4 is 16.5 Å². The number of hydrogen-bond donors (Lipinski definition) is 0. The predicted molar refractivity (Wildman–Crippen MR) is 107 cm³/mol. The first-order chi connectivity index (χ1) is 13.7. The van der Waals surface area contributed by atoms with Crippen LogP contribution in [0, 0.1) is 0 Å². The number of rotatable bonds is 3. The molecule has 2 heterocycles. The van der Waals surface area contributed by atoms with Gasteiger partial charge in [0, 0.05) is 30.7 Å². The molecule has 28 heavy (non-hydrogen) atoms. The number of ether oxygens (including phenoxy) is 5. The zero-order valence-electron chi connectivity index (χ0n) is 16.2. The first-order valence-corrected chi connectivity index (χ1v) is 9.04. The number of anilines is 1. The fraction of sp³-hybridized carbons (Fsp3) is 0.273. The molecule has 0 aliphatic carbocycles. The molecule has 144 valence electrons. The molecule has 1 atom stereocenters. The maximum absolute atomic E-state index is 5.87. The van der Waals surface area contributed by atoms with Gasteiger partial charge in [-0.2, -0.15) is 0 Å². The Labute approximate surface area is 163 Å². The van der Waals surface area contributed by atoms with Gasteiger partial charge in [0.1, 0.15) is 0 Å². The molecule has 0 saturated heterocycles. The van der Waals surface area contributed by atoms with Crippen molar-refractivity contribution in [1.82, 2.24) is 0 Å². The molecular weight excluding hydrogens is 358 g/mol. The highest BCUT2D eigenvalue weighted by Crippen LogP contribution is 2.51. The zero-order chi connectivity index (χ0) is 19.4. The monoisotopic (exact) mass is 379 g/mol. The second-order valence-electron chi connectivity index (χ2n) is 6.88. The van der Waals surface area contributed by atoms with E-state index in [0.29, 0.717) is 11.5 Å². The molecule has 0 N–H and O–H groups in total. The molecule has 0 aromatic heterocycles. The maximum Gasteiger partial charge on any atom is 0.231 e. The fourth-order valence-electron chi connectivity index (χ4n) is 4.24. The molecule has 0 unspecified atom stereocenters. The topological polar surface area (TPSA) is 49.4 Å². The Kier molecular flexibility index (Phi) is 3.77. The highest BCUT2D eigenvalue weighted by molar-refractivity contribution is 6.05. The molecule has 2 aliphatic heterocycles. The summed E-state index contributed by atoms with van der Waals surface area (Å²) in [5, 5.41) is 2.18. The molecule has 0 saturated carbocycles. The Morgan fingerprint density at radius 1 is 0.893 bits per heavy atom. The molecule has 3 aromatic carbocycles. The zero-order valence-corrected chi connectivity index (χ0v) is 16.2. The number of methoxy groups -OCH3 is 3. The lowest BCUT2D eigenvalue weighted by Crippen LogP contribution is -2.30. The second-order valence-corrected chi connectivity index (χ2v) is 6.88. The average molecular weight is 379 g/mol. The molecule has 0 fully saturated rings. The van der Waals surface area contributed by atoms with Gasteiger partial charge in [0.25, 0.3) is 0 Å². The normalized spacial score (nSPS) is 16.7. The lowest BCUT2D eigenvalue weighted by molar-refractivity contribution is 0.103. The second kappa shape index (κ2) is 6.21. The molecule has 6 heteroatoms. The molecular formula is C22H21NO5. The third-order valence-electron chi connectivity index (χ3n) is 5.52. The summed E-state index contributed by atoms with van der Waals surface area (Å²) in [5.41, 5.74) is 4.30. The number of nitrogens with zero attached hydrogens (tertiary/aromatic N) is 1. The first kappa shape index (κ1) is 17.0. The highest BCUT2D eigenvalue weighted by atomic mass is 16.7. The van der Waals surface area contributed by atoms with Crippen LogP contribution in [0.25, 0.3) is 21.9 Å². The van der Waals surface area contributed by atoms with Crippen molar-refractivity contribution in [2.45, 2.75) is 6.23 Å². The maximum atomic E-state index is 5.87. The van der Waals surface area contributed by atoms with Crippen LogP contribution in [0.1, 0.15) is 11.8 Å². The van der Waals surface area contributed by atoms with Gasteiger partial charge in [0.15, 0.2) is 29.2 Å². The van der Waals surface area contributed by atoms with Crippen LogP contribution < -0.4 is 23.8 Å². The van der Waals surface area contributed by atoms with Crippen LogP contribution in [-0.4, -0.2) is 35.2 Å². The predicted octanol–water partition coefficient (Wildman–Crippen LogP) is 4.35. The van der Waals surface area contributed by atoms with Gasteiger partial charge in [0.05, 0.1) is 19.9 Å². The van der Waals surface area contributed by atoms with E-state index in [4.69, 9.17) is 23.7 Å². The summed E-state index contributed by atoms with van der Waals surface area (Å²) in [5.74, 6) is 2.92. The average Bonchev–Trinajstić information content (AvgIpc) is 3.18. The van der Waals surface area contributed by atoms with Crippen molar-refractivity contribution in [3.63, 3.8) is 0 Å². The summed E-state index contributed by atoms with van der Waals surface area (Å²) >= 11 is 0. The van der Waals surface area contributed by atoms with E-state index in [1.807, 2.05) is 31.3 Å². The van der Waals surface area contributed by atoms with Crippen molar-refractivity contribution in [1.29, 1.82) is 0 Å². The summed E-state index contributed by atoms with van der Waals surface area (Å²) in [6.45, 7) is 0.254. The van der Waals surface area contributed by atoms with E-state index >= 15 is 0 Å². The van der Waals surface area contributed by atoms with Crippen molar-refractivity contribution < 1.29 is 23.7 Å². The van der Waals surface area contributed by atoms with Gasteiger partial charge in [-0.15, -0.1) is 0 Å². The van der Waals surface area contributed by atoms with E-state index in [1.54, 1.807) is 21.3 Å². The molecule has 3 aromatic rings. The molecule has 2 aliphatic rings. The van der Waals surface area contributed by atoms with Gasteiger partial charge in [-0.1, -0.05) is 12.1 Å². The number of hydrogen-bond acceptors (Lipinski definition) is 6. The van der Waals surface area contributed by atoms with Gasteiger partial charge in [-0.05, 0) is 35.2 Å².